The van der Waals surface area contributed by atoms with Gasteiger partial charge in [-0.05, 0) is 55.5 Å². The monoisotopic (exact) mass is 289 g/mol. The normalized spacial score (nSPS) is 12.6. The van der Waals surface area contributed by atoms with Crippen LogP contribution in [-0.2, 0) is 19.3 Å². The van der Waals surface area contributed by atoms with E-state index in [-0.39, 0.29) is 11.9 Å². The topological polar surface area (TPSA) is 43.8 Å². The summed E-state index contributed by atoms with van der Waals surface area (Å²) in [4.78, 5) is 0. The first-order chi connectivity index (χ1) is 10.1. The lowest BCUT2D eigenvalue weighted by Gasteiger charge is -2.15. The van der Waals surface area contributed by atoms with Gasteiger partial charge in [0.05, 0.1) is 11.4 Å². The summed E-state index contributed by atoms with van der Waals surface area (Å²) in [5, 5.41) is 4.65. The summed E-state index contributed by atoms with van der Waals surface area (Å²) in [6, 6.07) is 7.03. The molecule has 1 heterocycles. The molecule has 1 atom stereocenters. The largest absolute Gasteiger partial charge is 0.327 e. The van der Waals surface area contributed by atoms with Gasteiger partial charge < -0.3 is 5.73 Å². The second-order valence-electron chi connectivity index (χ2n) is 5.39. The Bertz CT molecular complexity index is 604. The Morgan fingerprint density at radius 2 is 1.95 bits per heavy atom. The molecule has 0 saturated heterocycles. The molecule has 0 spiro atoms. The van der Waals surface area contributed by atoms with Crippen molar-refractivity contribution in [2.45, 2.75) is 52.5 Å². The zero-order chi connectivity index (χ0) is 15.4. The maximum atomic E-state index is 13.6. The number of rotatable bonds is 6. The molecule has 2 N–H and O–H groups in total. The van der Waals surface area contributed by atoms with Crippen LogP contribution in [0.2, 0.25) is 0 Å². The predicted molar refractivity (Wildman–Crippen MR) is 84.2 cm³/mol. The van der Waals surface area contributed by atoms with E-state index in [9.17, 15) is 4.39 Å². The van der Waals surface area contributed by atoms with E-state index in [1.807, 2.05) is 11.6 Å². The molecule has 4 heteroatoms. The second kappa shape index (κ2) is 6.85. The average molecular weight is 289 g/mol. The van der Waals surface area contributed by atoms with Crippen molar-refractivity contribution in [2.75, 3.05) is 0 Å². The summed E-state index contributed by atoms with van der Waals surface area (Å²) in [7, 11) is 0. The van der Waals surface area contributed by atoms with Crippen LogP contribution in [-0.4, -0.2) is 15.8 Å². The maximum Gasteiger partial charge on any atom is 0.123 e. The third-order valence-electron chi connectivity index (χ3n) is 3.83. The lowest BCUT2D eigenvalue weighted by atomic mass is 10.0. The standard InChI is InChI=1S/C17H24FN3/c1-4-14(19)10-12-9-13(18)7-8-17(12)21-16(6-3)11-15(5-2)20-21/h7-9,11,14H,4-6,10,19H2,1-3H3. The highest BCUT2D eigenvalue weighted by Gasteiger charge is 2.14. The van der Waals surface area contributed by atoms with Gasteiger partial charge in [0, 0.05) is 11.7 Å². The molecule has 21 heavy (non-hydrogen) atoms. The molecular formula is C17H24FN3. The molecule has 2 aromatic rings. The van der Waals surface area contributed by atoms with Crippen LogP contribution in [0.4, 0.5) is 4.39 Å². The molecule has 0 saturated carbocycles. The molecule has 1 aromatic carbocycles. The van der Waals surface area contributed by atoms with Gasteiger partial charge in [0.1, 0.15) is 5.82 Å². The van der Waals surface area contributed by atoms with E-state index in [4.69, 9.17) is 5.73 Å². The summed E-state index contributed by atoms with van der Waals surface area (Å²) < 4.78 is 15.5. The highest BCUT2D eigenvalue weighted by molar-refractivity contribution is 5.43. The third kappa shape index (κ3) is 3.50. The van der Waals surface area contributed by atoms with Crippen LogP contribution in [0.1, 0.15) is 44.1 Å². The average Bonchev–Trinajstić information content (AvgIpc) is 2.90. The highest BCUT2D eigenvalue weighted by Crippen LogP contribution is 2.21. The molecule has 0 aliphatic carbocycles. The van der Waals surface area contributed by atoms with E-state index in [0.717, 1.165) is 41.9 Å². The smallest absolute Gasteiger partial charge is 0.123 e. The first kappa shape index (κ1) is 15.7. The molecule has 1 aromatic heterocycles. The lowest BCUT2D eigenvalue weighted by Crippen LogP contribution is -2.22. The van der Waals surface area contributed by atoms with E-state index >= 15 is 0 Å². The molecule has 0 aliphatic rings. The number of nitrogens with zero attached hydrogens (tertiary/aromatic N) is 2. The van der Waals surface area contributed by atoms with Crippen LogP contribution in [0.15, 0.2) is 24.3 Å². The van der Waals surface area contributed by atoms with E-state index in [0.29, 0.717) is 6.42 Å². The molecular weight excluding hydrogens is 265 g/mol. The molecule has 114 valence electrons. The van der Waals surface area contributed by atoms with Crippen molar-refractivity contribution in [3.63, 3.8) is 0 Å². The van der Waals surface area contributed by atoms with Gasteiger partial charge >= 0.3 is 0 Å². The molecule has 1 unspecified atom stereocenters. The maximum absolute atomic E-state index is 13.6. The fraction of sp³-hybridized carbons (Fsp3) is 0.471. The van der Waals surface area contributed by atoms with Crippen molar-refractivity contribution in [3.8, 4) is 5.69 Å². The predicted octanol–water partition coefficient (Wildman–Crippen LogP) is 3.42. The zero-order valence-corrected chi connectivity index (χ0v) is 13.1. The summed E-state index contributed by atoms with van der Waals surface area (Å²) >= 11 is 0. The summed E-state index contributed by atoms with van der Waals surface area (Å²) in [6.07, 6.45) is 3.32. The molecule has 0 amide bonds. The van der Waals surface area contributed by atoms with Crippen LogP contribution < -0.4 is 5.73 Å². The minimum absolute atomic E-state index is 0.0387. The summed E-state index contributed by atoms with van der Waals surface area (Å²) in [6.45, 7) is 6.24. The van der Waals surface area contributed by atoms with Crippen molar-refractivity contribution >= 4 is 0 Å². The minimum Gasteiger partial charge on any atom is -0.327 e. The fourth-order valence-electron chi connectivity index (χ4n) is 2.46. The Balaban J connectivity index is 2.49. The number of hydrogen-bond acceptors (Lipinski definition) is 2. The second-order valence-corrected chi connectivity index (χ2v) is 5.39. The Morgan fingerprint density at radius 1 is 1.19 bits per heavy atom. The Kier molecular flexibility index (Phi) is 5.12. The van der Waals surface area contributed by atoms with Gasteiger partial charge in [0.25, 0.3) is 0 Å². The van der Waals surface area contributed by atoms with Gasteiger partial charge in [-0.1, -0.05) is 20.8 Å². The van der Waals surface area contributed by atoms with Crippen LogP contribution in [0.25, 0.3) is 5.69 Å². The van der Waals surface area contributed by atoms with Crippen LogP contribution in [0.3, 0.4) is 0 Å². The molecule has 3 nitrogen and oxygen atoms in total. The van der Waals surface area contributed by atoms with Crippen molar-refractivity contribution in [2.24, 2.45) is 5.73 Å². The minimum atomic E-state index is -0.224. The summed E-state index contributed by atoms with van der Waals surface area (Å²) in [5.41, 5.74) is 10.1. The third-order valence-corrected chi connectivity index (χ3v) is 3.83. The number of hydrogen-bond donors (Lipinski definition) is 1. The van der Waals surface area contributed by atoms with Crippen molar-refractivity contribution in [1.29, 1.82) is 0 Å². The Labute approximate surface area is 126 Å². The number of aryl methyl sites for hydroxylation is 2. The van der Waals surface area contributed by atoms with Gasteiger partial charge in [-0.25, -0.2) is 9.07 Å². The number of halogens is 1. The van der Waals surface area contributed by atoms with Crippen LogP contribution in [0, 0.1) is 5.82 Å². The van der Waals surface area contributed by atoms with Crippen molar-refractivity contribution in [1.82, 2.24) is 9.78 Å². The summed E-state index contributed by atoms with van der Waals surface area (Å²) in [5.74, 6) is -0.224. The molecule has 2 rings (SSSR count). The van der Waals surface area contributed by atoms with Crippen molar-refractivity contribution in [3.05, 3.63) is 47.0 Å². The van der Waals surface area contributed by atoms with Crippen LogP contribution in [0.5, 0.6) is 0 Å². The van der Waals surface area contributed by atoms with E-state index < -0.39 is 0 Å². The molecule has 0 aliphatic heterocycles. The number of nitrogens with two attached hydrogens (primary N) is 1. The molecule has 0 bridgehead atoms. The number of benzene rings is 1. The van der Waals surface area contributed by atoms with E-state index in [1.54, 1.807) is 12.1 Å². The molecule has 0 radical (unpaired) electrons. The lowest BCUT2D eigenvalue weighted by molar-refractivity contribution is 0.610. The zero-order valence-electron chi connectivity index (χ0n) is 13.1. The molecule has 0 fully saturated rings. The van der Waals surface area contributed by atoms with Gasteiger partial charge in [-0.15, -0.1) is 0 Å². The Hall–Kier alpha value is -1.68. The highest BCUT2D eigenvalue weighted by atomic mass is 19.1. The van der Waals surface area contributed by atoms with Gasteiger partial charge in [0.2, 0.25) is 0 Å². The Morgan fingerprint density at radius 3 is 2.57 bits per heavy atom. The first-order valence-corrected chi connectivity index (χ1v) is 7.71. The van der Waals surface area contributed by atoms with Crippen molar-refractivity contribution < 1.29 is 4.39 Å². The SMILES string of the molecule is CCc1cc(CC)n(-c2ccc(F)cc2CC(N)CC)n1. The van der Waals surface area contributed by atoms with Crippen LogP contribution >= 0.6 is 0 Å². The quantitative estimate of drug-likeness (QED) is 0.885. The van der Waals surface area contributed by atoms with Gasteiger partial charge in [0.15, 0.2) is 0 Å². The van der Waals surface area contributed by atoms with Gasteiger partial charge in [-0.3, -0.25) is 0 Å². The van der Waals surface area contributed by atoms with E-state index in [2.05, 4.69) is 25.0 Å². The van der Waals surface area contributed by atoms with E-state index in [1.165, 1.54) is 6.07 Å². The fourth-order valence-corrected chi connectivity index (χ4v) is 2.46. The van der Waals surface area contributed by atoms with Gasteiger partial charge in [-0.2, -0.15) is 5.10 Å². The first-order valence-electron chi connectivity index (χ1n) is 7.71. The number of aromatic nitrogens is 2.